The molecule has 1 saturated carbocycles. The highest BCUT2D eigenvalue weighted by atomic mass is 35.5. The molecule has 4 N–H and O–H groups in total. The number of nitrogens with two attached hydrogens (primary N) is 1. The summed E-state index contributed by atoms with van der Waals surface area (Å²) in [5, 5.41) is 3.64. The molecule has 1 atom stereocenters. The Morgan fingerprint density at radius 3 is 2.76 bits per heavy atom. The molecule has 1 amide bonds. The number of amides is 1. The summed E-state index contributed by atoms with van der Waals surface area (Å²) < 4.78 is 46.4. The van der Waals surface area contributed by atoms with Gasteiger partial charge in [-0.2, -0.15) is 0 Å². The maximum absolute atomic E-state index is 14.7. The Hall–Kier alpha value is -2.87. The van der Waals surface area contributed by atoms with E-state index in [-0.39, 0.29) is 28.9 Å². The number of rotatable bonds is 9. The summed E-state index contributed by atoms with van der Waals surface area (Å²) in [4.78, 5) is 24.9. The van der Waals surface area contributed by atoms with Gasteiger partial charge >= 0.3 is 0 Å². The highest BCUT2D eigenvalue weighted by molar-refractivity contribution is 7.93. The molecule has 4 rings (SSSR count). The van der Waals surface area contributed by atoms with Gasteiger partial charge in [-0.1, -0.05) is 6.07 Å². The number of nitrogens with zero attached hydrogens (tertiary/aromatic N) is 3. The summed E-state index contributed by atoms with van der Waals surface area (Å²) in [6.45, 7) is 2.24. The zero-order valence-electron chi connectivity index (χ0n) is 17.9. The molecule has 1 aromatic carbocycles. The zero-order valence-corrected chi connectivity index (χ0v) is 20.3. The molecule has 2 aromatic heterocycles. The Kier molecular flexibility index (Phi) is 8.02. The van der Waals surface area contributed by atoms with Crippen LogP contribution >= 0.6 is 23.7 Å². The Balaban J connectivity index is 0.00000324. The lowest BCUT2D eigenvalue weighted by Crippen LogP contribution is -2.28. The third-order valence-electron chi connectivity index (χ3n) is 4.74. The first-order valence-corrected chi connectivity index (χ1v) is 12.5. The van der Waals surface area contributed by atoms with Crippen molar-refractivity contribution in [3.8, 4) is 17.1 Å². The van der Waals surface area contributed by atoms with E-state index in [0.29, 0.717) is 36.6 Å². The van der Waals surface area contributed by atoms with Crippen LogP contribution in [0.2, 0.25) is 0 Å². The van der Waals surface area contributed by atoms with Crippen LogP contribution in [0.3, 0.4) is 0 Å². The first-order valence-electron chi connectivity index (χ1n) is 10.0. The van der Waals surface area contributed by atoms with Gasteiger partial charge in [0.2, 0.25) is 21.8 Å². The van der Waals surface area contributed by atoms with E-state index < -0.39 is 33.0 Å². The summed E-state index contributed by atoms with van der Waals surface area (Å²) in [7, 11) is -3.47. The van der Waals surface area contributed by atoms with Crippen LogP contribution in [0.25, 0.3) is 11.3 Å². The highest BCUT2D eigenvalue weighted by Crippen LogP contribution is 2.31. The van der Waals surface area contributed by atoms with Gasteiger partial charge in [0.25, 0.3) is 0 Å². The molecular weight excluding hydrogens is 507 g/mol. The molecule has 34 heavy (non-hydrogen) atoms. The summed E-state index contributed by atoms with van der Waals surface area (Å²) in [5.74, 6) is -1.06. The predicted octanol–water partition coefficient (Wildman–Crippen LogP) is 3.10. The number of nitrogens with one attached hydrogen (secondary N) is 2. The number of benzene rings is 1. The number of carbonyl (C=O) groups is 1. The largest absolute Gasteiger partial charge is 0.477 e. The summed E-state index contributed by atoms with van der Waals surface area (Å²) in [5.41, 5.74) is 6.92. The molecule has 1 unspecified atom stereocenters. The van der Waals surface area contributed by atoms with Crippen LogP contribution in [0.5, 0.6) is 5.88 Å². The fourth-order valence-corrected chi connectivity index (χ4v) is 5.23. The second kappa shape index (κ2) is 10.6. The normalized spacial score (nSPS) is 14.1. The van der Waals surface area contributed by atoms with E-state index in [1.54, 1.807) is 6.07 Å². The van der Waals surface area contributed by atoms with Gasteiger partial charge in [-0.05, 0) is 31.9 Å². The van der Waals surface area contributed by atoms with E-state index in [1.165, 1.54) is 29.9 Å². The topological polar surface area (TPSA) is 149 Å². The number of halogens is 2. The maximum Gasteiger partial charge on any atom is 0.247 e. The van der Waals surface area contributed by atoms with Crippen LogP contribution in [0.15, 0.2) is 36.0 Å². The van der Waals surface area contributed by atoms with Crippen LogP contribution < -0.4 is 20.5 Å². The quantitative estimate of drug-likeness (QED) is 0.383. The van der Waals surface area contributed by atoms with Crippen LogP contribution in [0.4, 0.5) is 15.2 Å². The smallest absolute Gasteiger partial charge is 0.247 e. The van der Waals surface area contributed by atoms with Gasteiger partial charge in [0, 0.05) is 10.9 Å². The third kappa shape index (κ3) is 5.97. The van der Waals surface area contributed by atoms with Crippen LogP contribution in [-0.2, 0) is 14.8 Å². The lowest BCUT2D eigenvalue weighted by Gasteiger charge is -2.12. The highest BCUT2D eigenvalue weighted by Gasteiger charge is 2.36. The van der Waals surface area contributed by atoms with Crippen molar-refractivity contribution in [2.75, 3.05) is 16.6 Å². The Labute approximate surface area is 205 Å². The molecule has 3 aromatic rings. The third-order valence-corrected chi connectivity index (χ3v) is 7.48. The van der Waals surface area contributed by atoms with Gasteiger partial charge in [0.15, 0.2) is 5.13 Å². The minimum Gasteiger partial charge on any atom is -0.477 e. The van der Waals surface area contributed by atoms with Crippen LogP contribution in [0, 0.1) is 5.82 Å². The number of hydrogen-bond donors (Lipinski definition) is 3. The van der Waals surface area contributed by atoms with E-state index >= 15 is 0 Å². The molecular formula is C20H22ClFN6O4S2. The molecule has 0 spiro atoms. The number of aromatic nitrogens is 3. The molecule has 0 aliphatic heterocycles. The lowest BCUT2D eigenvalue weighted by molar-refractivity contribution is -0.117. The van der Waals surface area contributed by atoms with Gasteiger partial charge in [-0.15, -0.1) is 23.7 Å². The minimum atomic E-state index is -3.47. The number of hydrogen-bond acceptors (Lipinski definition) is 9. The van der Waals surface area contributed by atoms with Gasteiger partial charge < -0.3 is 15.8 Å². The molecule has 0 radical (unpaired) electrons. The van der Waals surface area contributed by atoms with E-state index in [2.05, 4.69) is 25.0 Å². The van der Waals surface area contributed by atoms with Crippen molar-refractivity contribution in [1.29, 1.82) is 0 Å². The number of ether oxygens (including phenoxy) is 1. The van der Waals surface area contributed by atoms with Crippen molar-refractivity contribution in [1.82, 2.24) is 15.0 Å². The van der Waals surface area contributed by atoms with Crippen molar-refractivity contribution >= 4 is 50.5 Å². The lowest BCUT2D eigenvalue weighted by atomic mass is 10.1. The Morgan fingerprint density at radius 2 is 2.09 bits per heavy atom. The number of thiazole rings is 1. The summed E-state index contributed by atoms with van der Waals surface area (Å²) in [6, 6.07) is 2.97. The standard InChI is InChI=1S/C20H21FN6O4S2.ClH/c1-2-31-17-9-23-8-15(24-17)11-3-6-14(13(21)7-11)25-19(28)18(22)16-10-32-20(26-16)27-33(29,30)12-4-5-12;/h3,6-10,12,18H,2,4-5,22H2,1H3,(H,25,28)(H,26,27);1H. The van der Waals surface area contributed by atoms with E-state index in [4.69, 9.17) is 10.5 Å². The van der Waals surface area contributed by atoms with E-state index in [0.717, 1.165) is 11.3 Å². The second-order valence-electron chi connectivity index (χ2n) is 7.26. The van der Waals surface area contributed by atoms with Crippen LogP contribution in [-0.4, -0.2) is 41.1 Å². The van der Waals surface area contributed by atoms with Crippen molar-refractivity contribution in [3.05, 3.63) is 47.5 Å². The molecule has 1 fully saturated rings. The SMILES string of the molecule is CCOc1cncc(-c2ccc(NC(=O)C(N)c3csc(NS(=O)(=O)C4CC4)n3)c(F)c2)n1.Cl. The molecule has 10 nitrogen and oxygen atoms in total. The molecule has 182 valence electrons. The van der Waals surface area contributed by atoms with Gasteiger partial charge in [-0.25, -0.2) is 22.8 Å². The minimum absolute atomic E-state index is 0. The average Bonchev–Trinajstić information content (AvgIpc) is 3.56. The number of anilines is 2. The number of sulfonamides is 1. The number of carbonyl (C=O) groups excluding carboxylic acids is 1. The molecule has 0 bridgehead atoms. The van der Waals surface area contributed by atoms with E-state index in [9.17, 15) is 17.6 Å². The second-order valence-corrected chi connectivity index (χ2v) is 10.1. The Bertz CT molecular complexity index is 1290. The van der Waals surface area contributed by atoms with E-state index in [1.807, 2.05) is 6.92 Å². The first-order chi connectivity index (χ1) is 15.8. The van der Waals surface area contributed by atoms with Crippen molar-refractivity contribution in [2.45, 2.75) is 31.1 Å². The molecule has 0 saturated heterocycles. The fraction of sp³-hybridized carbons (Fsp3) is 0.300. The average molecular weight is 529 g/mol. The molecule has 1 aliphatic rings. The molecule has 2 heterocycles. The van der Waals surface area contributed by atoms with Gasteiger partial charge in [0.05, 0.1) is 41.3 Å². The first kappa shape index (κ1) is 25.7. The molecule has 14 heteroatoms. The van der Waals surface area contributed by atoms with Crippen molar-refractivity contribution in [3.63, 3.8) is 0 Å². The maximum atomic E-state index is 14.7. The summed E-state index contributed by atoms with van der Waals surface area (Å²) in [6.07, 6.45) is 4.16. The van der Waals surface area contributed by atoms with Gasteiger partial charge in [0.1, 0.15) is 11.9 Å². The zero-order chi connectivity index (χ0) is 23.6. The summed E-state index contributed by atoms with van der Waals surface area (Å²) >= 11 is 1.02. The van der Waals surface area contributed by atoms with Crippen molar-refractivity contribution < 1.29 is 22.3 Å². The predicted molar refractivity (Wildman–Crippen MR) is 129 cm³/mol. The van der Waals surface area contributed by atoms with Crippen molar-refractivity contribution in [2.24, 2.45) is 5.73 Å². The molecule has 1 aliphatic carbocycles. The van der Waals surface area contributed by atoms with Crippen LogP contribution in [0.1, 0.15) is 31.5 Å². The Morgan fingerprint density at radius 1 is 1.32 bits per heavy atom. The fourth-order valence-electron chi connectivity index (χ4n) is 2.88. The van der Waals surface area contributed by atoms with Gasteiger partial charge in [-0.3, -0.25) is 14.5 Å². The monoisotopic (exact) mass is 528 g/mol.